The predicted molar refractivity (Wildman–Crippen MR) is 104 cm³/mol. The second-order valence-corrected chi connectivity index (χ2v) is 6.87. The van der Waals surface area contributed by atoms with Crippen LogP contribution in [0.3, 0.4) is 0 Å². The van der Waals surface area contributed by atoms with Crippen molar-refractivity contribution in [1.82, 2.24) is 4.90 Å². The number of likely N-dealkylation sites (tertiary alicyclic amines) is 1. The molecule has 0 radical (unpaired) electrons. The second kappa shape index (κ2) is 8.34. The van der Waals surface area contributed by atoms with Crippen molar-refractivity contribution in [1.29, 1.82) is 10.5 Å². The van der Waals surface area contributed by atoms with Gasteiger partial charge in [0.15, 0.2) is 0 Å². The zero-order valence-corrected chi connectivity index (χ0v) is 15.3. The average molecular weight is 355 g/mol. The van der Waals surface area contributed by atoms with Gasteiger partial charge in [0.25, 0.3) is 5.91 Å². The molecule has 0 spiro atoms. The summed E-state index contributed by atoms with van der Waals surface area (Å²) in [7, 11) is 0. The molecule has 3 rings (SSSR count). The van der Waals surface area contributed by atoms with Crippen molar-refractivity contribution in [3.63, 3.8) is 0 Å². The van der Waals surface area contributed by atoms with Crippen LogP contribution in [0.5, 0.6) is 0 Å². The van der Waals surface area contributed by atoms with Crippen molar-refractivity contribution in [2.75, 3.05) is 13.1 Å². The summed E-state index contributed by atoms with van der Waals surface area (Å²) in [6.07, 6.45) is 2.59. The fourth-order valence-corrected chi connectivity index (χ4v) is 3.51. The maximum atomic E-state index is 12.8. The number of nitriles is 2. The van der Waals surface area contributed by atoms with E-state index in [1.54, 1.807) is 17.0 Å². The molecule has 1 saturated heterocycles. The number of carbonyl (C=O) groups is 1. The summed E-state index contributed by atoms with van der Waals surface area (Å²) >= 11 is 0. The lowest BCUT2D eigenvalue weighted by Crippen LogP contribution is -2.29. The molecule has 1 heterocycles. The third-order valence-electron chi connectivity index (χ3n) is 5.06. The highest BCUT2D eigenvalue weighted by atomic mass is 16.2. The van der Waals surface area contributed by atoms with E-state index in [0.717, 1.165) is 17.5 Å². The van der Waals surface area contributed by atoms with Gasteiger partial charge in [-0.15, -0.1) is 0 Å². The molecular formula is C23H21N3O. The van der Waals surface area contributed by atoms with Crippen molar-refractivity contribution in [3.8, 4) is 12.1 Å². The van der Waals surface area contributed by atoms with Crippen molar-refractivity contribution in [3.05, 3.63) is 82.9 Å². The van der Waals surface area contributed by atoms with E-state index >= 15 is 0 Å². The van der Waals surface area contributed by atoms with Crippen molar-refractivity contribution in [2.45, 2.75) is 25.2 Å². The summed E-state index contributed by atoms with van der Waals surface area (Å²) in [5.41, 5.74) is 2.97. The Hall–Kier alpha value is -3.37. The van der Waals surface area contributed by atoms with Crippen LogP contribution in [0.4, 0.5) is 0 Å². The van der Waals surface area contributed by atoms with Gasteiger partial charge in [0.05, 0.1) is 11.6 Å². The standard InChI is InChI=1S/C23H21N3O/c1-17(19-7-3-2-4-8-19)12-22(15-25)23(27)26-11-10-21(16-26)20-9-5-6-18(13-20)14-24/h2-9,12-13,17,21H,10-11,16H2,1H3/b22-12+. The average Bonchev–Trinajstić information content (AvgIpc) is 3.22. The Labute approximate surface area is 160 Å². The zero-order valence-electron chi connectivity index (χ0n) is 15.3. The quantitative estimate of drug-likeness (QED) is 0.612. The Bertz CT molecular complexity index is 934. The molecule has 1 fully saturated rings. The Morgan fingerprint density at radius 1 is 1.19 bits per heavy atom. The van der Waals surface area contributed by atoms with Crippen LogP contribution in [-0.2, 0) is 4.79 Å². The summed E-state index contributed by atoms with van der Waals surface area (Å²) in [6, 6.07) is 21.6. The molecule has 0 aromatic heterocycles. The first kappa shape index (κ1) is 18.4. The second-order valence-electron chi connectivity index (χ2n) is 6.87. The van der Waals surface area contributed by atoms with Crippen molar-refractivity contribution < 1.29 is 4.79 Å². The summed E-state index contributed by atoms with van der Waals surface area (Å²) in [6.45, 7) is 3.19. The molecule has 1 aliphatic rings. The largest absolute Gasteiger partial charge is 0.337 e. The Morgan fingerprint density at radius 3 is 2.67 bits per heavy atom. The van der Waals surface area contributed by atoms with Gasteiger partial charge < -0.3 is 4.90 Å². The van der Waals surface area contributed by atoms with Crippen LogP contribution in [0, 0.1) is 22.7 Å². The van der Waals surface area contributed by atoms with Gasteiger partial charge in [-0.2, -0.15) is 10.5 Å². The van der Waals surface area contributed by atoms with E-state index in [1.807, 2.05) is 55.5 Å². The van der Waals surface area contributed by atoms with Crippen LogP contribution in [0.25, 0.3) is 0 Å². The summed E-state index contributed by atoms with van der Waals surface area (Å²) in [5.74, 6) is -0.0107. The molecule has 2 aromatic rings. The molecular weight excluding hydrogens is 334 g/mol. The third kappa shape index (κ3) is 4.25. The van der Waals surface area contributed by atoms with Gasteiger partial charge in [-0.3, -0.25) is 4.79 Å². The number of rotatable bonds is 4. The van der Waals surface area contributed by atoms with Crippen LogP contribution in [0.2, 0.25) is 0 Å². The molecule has 0 N–H and O–H groups in total. The van der Waals surface area contributed by atoms with Gasteiger partial charge in [0, 0.05) is 24.9 Å². The molecule has 2 aromatic carbocycles. The highest BCUT2D eigenvalue weighted by molar-refractivity contribution is 5.97. The van der Waals surface area contributed by atoms with Gasteiger partial charge in [-0.25, -0.2) is 0 Å². The Kier molecular flexibility index (Phi) is 5.69. The molecule has 2 unspecified atom stereocenters. The maximum absolute atomic E-state index is 12.8. The van der Waals surface area contributed by atoms with Gasteiger partial charge in [-0.1, -0.05) is 55.5 Å². The molecule has 0 aliphatic carbocycles. The SMILES string of the molecule is CC(/C=C(\C#N)C(=O)N1CCC(c2cccc(C#N)c2)C1)c1ccccc1. The monoisotopic (exact) mass is 355 g/mol. The third-order valence-corrected chi connectivity index (χ3v) is 5.06. The smallest absolute Gasteiger partial charge is 0.264 e. The molecule has 134 valence electrons. The predicted octanol–water partition coefficient (Wildman–Crippen LogP) is 4.13. The minimum absolute atomic E-state index is 0.00416. The molecule has 1 aliphatic heterocycles. The Morgan fingerprint density at radius 2 is 1.96 bits per heavy atom. The fourth-order valence-electron chi connectivity index (χ4n) is 3.51. The van der Waals surface area contributed by atoms with Crippen LogP contribution in [0.1, 0.15) is 41.9 Å². The summed E-state index contributed by atoms with van der Waals surface area (Å²) < 4.78 is 0. The fraction of sp³-hybridized carbons (Fsp3) is 0.261. The minimum Gasteiger partial charge on any atom is -0.337 e. The van der Waals surface area contributed by atoms with E-state index in [-0.39, 0.29) is 23.3 Å². The molecule has 4 nitrogen and oxygen atoms in total. The van der Waals surface area contributed by atoms with Crippen molar-refractivity contribution in [2.24, 2.45) is 0 Å². The van der Waals surface area contributed by atoms with Crippen LogP contribution >= 0.6 is 0 Å². The minimum atomic E-state index is -0.209. The lowest BCUT2D eigenvalue weighted by molar-refractivity contribution is -0.125. The van der Waals surface area contributed by atoms with E-state index < -0.39 is 0 Å². The number of allylic oxidation sites excluding steroid dienone is 1. The van der Waals surface area contributed by atoms with E-state index in [0.29, 0.717) is 18.7 Å². The number of hydrogen-bond acceptors (Lipinski definition) is 3. The summed E-state index contributed by atoms with van der Waals surface area (Å²) in [4.78, 5) is 14.6. The number of nitrogens with zero attached hydrogens (tertiary/aromatic N) is 3. The maximum Gasteiger partial charge on any atom is 0.264 e. The Balaban J connectivity index is 1.72. The molecule has 1 amide bonds. The molecule has 2 atom stereocenters. The van der Waals surface area contributed by atoms with E-state index in [2.05, 4.69) is 12.1 Å². The van der Waals surface area contributed by atoms with E-state index in [9.17, 15) is 10.1 Å². The van der Waals surface area contributed by atoms with E-state index in [1.165, 1.54) is 0 Å². The van der Waals surface area contributed by atoms with Gasteiger partial charge in [0.2, 0.25) is 0 Å². The van der Waals surface area contributed by atoms with Gasteiger partial charge in [-0.05, 0) is 29.7 Å². The van der Waals surface area contributed by atoms with Crippen LogP contribution in [0.15, 0.2) is 66.2 Å². The number of benzene rings is 2. The molecule has 0 saturated carbocycles. The van der Waals surface area contributed by atoms with E-state index in [4.69, 9.17) is 5.26 Å². The first-order chi connectivity index (χ1) is 13.1. The topological polar surface area (TPSA) is 67.9 Å². The molecule has 0 bridgehead atoms. The lowest BCUT2D eigenvalue weighted by atomic mass is 9.97. The first-order valence-corrected chi connectivity index (χ1v) is 9.08. The highest BCUT2D eigenvalue weighted by Gasteiger charge is 2.29. The zero-order chi connectivity index (χ0) is 19.2. The lowest BCUT2D eigenvalue weighted by Gasteiger charge is -2.17. The number of amides is 1. The number of hydrogen-bond donors (Lipinski definition) is 0. The van der Waals surface area contributed by atoms with Crippen LogP contribution in [-0.4, -0.2) is 23.9 Å². The highest BCUT2D eigenvalue weighted by Crippen LogP contribution is 2.29. The van der Waals surface area contributed by atoms with Crippen LogP contribution < -0.4 is 0 Å². The number of carbonyl (C=O) groups excluding carboxylic acids is 1. The van der Waals surface area contributed by atoms with Gasteiger partial charge >= 0.3 is 0 Å². The summed E-state index contributed by atoms with van der Waals surface area (Å²) in [5, 5.41) is 18.6. The molecule has 4 heteroatoms. The van der Waals surface area contributed by atoms with Gasteiger partial charge in [0.1, 0.15) is 11.6 Å². The normalized spacial score (nSPS) is 17.8. The first-order valence-electron chi connectivity index (χ1n) is 9.08. The van der Waals surface area contributed by atoms with Crippen molar-refractivity contribution >= 4 is 5.91 Å². The molecule has 27 heavy (non-hydrogen) atoms.